The van der Waals surface area contributed by atoms with Crippen molar-refractivity contribution in [3.8, 4) is 0 Å². The number of nitrogens with zero attached hydrogens (tertiary/aromatic N) is 2. The minimum Gasteiger partial charge on any atom is -0.367 e. The number of benzene rings is 1. The minimum absolute atomic E-state index is 0.0626. The molecule has 8 heteroatoms. The van der Waals surface area contributed by atoms with Crippen LogP contribution in [0.15, 0.2) is 18.2 Å². The zero-order valence-corrected chi connectivity index (χ0v) is 18.2. The monoisotopic (exact) mass is 422 g/mol. The van der Waals surface area contributed by atoms with Crippen molar-refractivity contribution in [2.24, 2.45) is 0 Å². The van der Waals surface area contributed by atoms with Gasteiger partial charge >= 0.3 is 12.1 Å². The molecule has 0 saturated carbocycles. The first-order valence-electron chi connectivity index (χ1n) is 9.74. The number of rotatable bonds is 8. The van der Waals surface area contributed by atoms with E-state index in [1.54, 1.807) is 38.7 Å². The van der Waals surface area contributed by atoms with E-state index < -0.39 is 23.4 Å². The van der Waals surface area contributed by atoms with Gasteiger partial charge in [-0.25, -0.2) is 0 Å². The van der Waals surface area contributed by atoms with Crippen LogP contribution in [0.5, 0.6) is 0 Å². The quantitative estimate of drug-likeness (QED) is 0.362. The summed E-state index contributed by atoms with van der Waals surface area (Å²) in [7, 11) is 0. The summed E-state index contributed by atoms with van der Waals surface area (Å²) < 4.78 is 66.3. The number of anilines is 2. The fourth-order valence-electron chi connectivity index (χ4n) is 3.73. The van der Waals surface area contributed by atoms with Gasteiger partial charge in [-0.3, -0.25) is 4.79 Å². The maximum Gasteiger partial charge on any atom is 0.461 e. The molecule has 0 unspecified atom stereocenters. The molecule has 29 heavy (non-hydrogen) atoms. The fraction of sp³-hybridized carbons (Fsp3) is 0.667. The van der Waals surface area contributed by atoms with Crippen LogP contribution in [0.4, 0.5) is 33.3 Å². The van der Waals surface area contributed by atoms with Crippen molar-refractivity contribution in [1.29, 1.82) is 0 Å². The zero-order chi connectivity index (χ0) is 22.9. The zero-order valence-electron chi connectivity index (χ0n) is 18.2. The largest absolute Gasteiger partial charge is 0.461 e. The van der Waals surface area contributed by atoms with Crippen molar-refractivity contribution in [3.05, 3.63) is 23.8 Å². The third-order valence-electron chi connectivity index (χ3n) is 4.67. The van der Waals surface area contributed by atoms with E-state index in [1.165, 1.54) is 6.07 Å². The van der Waals surface area contributed by atoms with E-state index in [1.807, 2.05) is 32.6 Å². The Balaban J connectivity index is 3.76. The smallest absolute Gasteiger partial charge is 0.367 e. The summed E-state index contributed by atoms with van der Waals surface area (Å²) >= 11 is 0. The number of carbonyl (C=O) groups excluding carboxylic acids is 1. The second kappa shape index (κ2) is 8.88. The standard InChI is InChI=1S/C21H31F5N2O/c1-12(2)27(13(3)4)16-9-10-17(19(29)20(22,23)21(24,25)26)18(11-16)28(14(5)6)15(7)8/h9-15H,1-8H3. The van der Waals surface area contributed by atoms with Gasteiger partial charge in [-0.15, -0.1) is 0 Å². The van der Waals surface area contributed by atoms with E-state index in [4.69, 9.17) is 0 Å². The maximum absolute atomic E-state index is 13.9. The molecule has 0 fully saturated rings. The highest BCUT2D eigenvalue weighted by atomic mass is 19.4. The molecule has 0 spiro atoms. The molecular weight excluding hydrogens is 391 g/mol. The molecule has 0 radical (unpaired) electrons. The number of halogens is 5. The molecule has 0 atom stereocenters. The lowest BCUT2D eigenvalue weighted by molar-refractivity contribution is -0.255. The molecule has 0 aliphatic heterocycles. The van der Waals surface area contributed by atoms with E-state index in [2.05, 4.69) is 0 Å². The van der Waals surface area contributed by atoms with Crippen LogP contribution in [0.1, 0.15) is 65.7 Å². The van der Waals surface area contributed by atoms with Gasteiger partial charge in [0.2, 0.25) is 5.78 Å². The van der Waals surface area contributed by atoms with Crippen LogP contribution in [0, 0.1) is 0 Å². The first-order chi connectivity index (χ1) is 13.0. The Kier molecular flexibility index (Phi) is 7.71. The molecule has 3 nitrogen and oxygen atoms in total. The molecule has 1 aromatic carbocycles. The highest BCUT2D eigenvalue weighted by molar-refractivity contribution is 6.07. The predicted molar refractivity (Wildman–Crippen MR) is 107 cm³/mol. The molecule has 0 aromatic heterocycles. The second-order valence-electron chi connectivity index (χ2n) is 8.29. The molecule has 0 N–H and O–H groups in total. The molecule has 0 aliphatic carbocycles. The Labute approximate surface area is 169 Å². The van der Waals surface area contributed by atoms with Gasteiger partial charge in [0, 0.05) is 35.4 Å². The average molecular weight is 422 g/mol. The van der Waals surface area contributed by atoms with Gasteiger partial charge in [-0.2, -0.15) is 22.0 Å². The molecule has 0 heterocycles. The highest BCUT2D eigenvalue weighted by Gasteiger charge is 2.63. The van der Waals surface area contributed by atoms with Crippen molar-refractivity contribution < 1.29 is 26.7 Å². The lowest BCUT2D eigenvalue weighted by Crippen LogP contribution is -2.45. The van der Waals surface area contributed by atoms with E-state index in [-0.39, 0.29) is 29.9 Å². The Morgan fingerprint density at radius 1 is 0.759 bits per heavy atom. The van der Waals surface area contributed by atoms with E-state index in [0.717, 1.165) is 6.07 Å². The lowest BCUT2D eigenvalue weighted by atomic mass is 9.99. The van der Waals surface area contributed by atoms with Crippen molar-refractivity contribution in [1.82, 2.24) is 0 Å². The maximum atomic E-state index is 13.9. The van der Waals surface area contributed by atoms with Crippen molar-refractivity contribution >= 4 is 17.2 Å². The van der Waals surface area contributed by atoms with Gasteiger partial charge in [-0.05, 0) is 73.6 Å². The topological polar surface area (TPSA) is 23.6 Å². The van der Waals surface area contributed by atoms with Gasteiger partial charge in [0.25, 0.3) is 0 Å². The Hall–Kier alpha value is -1.86. The van der Waals surface area contributed by atoms with Gasteiger partial charge in [0.1, 0.15) is 0 Å². The number of ketones is 1. The number of Topliss-reactive ketones (excluding diaryl/α,β-unsaturated/α-hetero) is 1. The molecular formula is C21H31F5N2O. The number of alkyl halides is 5. The summed E-state index contributed by atoms with van der Waals surface area (Å²) in [5, 5.41) is 0. The van der Waals surface area contributed by atoms with Gasteiger partial charge in [-0.1, -0.05) is 0 Å². The van der Waals surface area contributed by atoms with E-state index >= 15 is 0 Å². The number of hydrogen-bond donors (Lipinski definition) is 0. The van der Waals surface area contributed by atoms with E-state index in [9.17, 15) is 26.7 Å². The van der Waals surface area contributed by atoms with Crippen molar-refractivity contribution in [2.75, 3.05) is 9.80 Å². The van der Waals surface area contributed by atoms with Crippen LogP contribution in [0.2, 0.25) is 0 Å². The van der Waals surface area contributed by atoms with Crippen LogP contribution in [-0.2, 0) is 0 Å². The van der Waals surface area contributed by atoms with Crippen LogP contribution < -0.4 is 9.80 Å². The number of carbonyl (C=O) groups is 1. The second-order valence-corrected chi connectivity index (χ2v) is 8.29. The van der Waals surface area contributed by atoms with Crippen molar-refractivity contribution in [3.63, 3.8) is 0 Å². The summed E-state index contributed by atoms with van der Waals surface area (Å²) in [6.07, 6.45) is -5.96. The normalized spacial score (nSPS) is 13.0. The summed E-state index contributed by atoms with van der Waals surface area (Å²) in [4.78, 5) is 16.0. The summed E-state index contributed by atoms with van der Waals surface area (Å²) in [5.41, 5.74) is 0.0989. The van der Waals surface area contributed by atoms with Crippen LogP contribution in [0.25, 0.3) is 0 Å². The molecule has 0 saturated heterocycles. The van der Waals surface area contributed by atoms with Gasteiger partial charge < -0.3 is 9.80 Å². The van der Waals surface area contributed by atoms with Crippen LogP contribution in [0.3, 0.4) is 0 Å². The minimum atomic E-state index is -5.96. The Bertz CT molecular complexity index is 696. The third kappa shape index (κ3) is 5.20. The van der Waals surface area contributed by atoms with Crippen molar-refractivity contribution in [2.45, 2.75) is 91.7 Å². The molecule has 1 aromatic rings. The van der Waals surface area contributed by atoms with Crippen LogP contribution in [-0.4, -0.2) is 42.0 Å². The molecule has 166 valence electrons. The summed E-state index contributed by atoms with van der Waals surface area (Å²) in [6, 6.07) is 3.75. The fourth-order valence-corrected chi connectivity index (χ4v) is 3.73. The SMILES string of the molecule is CC(C)N(c1ccc(C(=O)C(F)(F)C(F)(F)F)c(N(C(C)C)C(C)C)c1)C(C)C. The Morgan fingerprint density at radius 3 is 1.52 bits per heavy atom. The van der Waals surface area contributed by atoms with Gasteiger partial charge in [0.15, 0.2) is 0 Å². The first kappa shape index (κ1) is 25.2. The summed E-state index contributed by atoms with van der Waals surface area (Å²) in [5.74, 6) is -7.70. The third-order valence-corrected chi connectivity index (χ3v) is 4.67. The molecule has 1 rings (SSSR count). The molecule has 0 aliphatic rings. The van der Waals surface area contributed by atoms with E-state index in [0.29, 0.717) is 5.69 Å². The highest BCUT2D eigenvalue weighted by Crippen LogP contribution is 2.41. The Morgan fingerprint density at radius 2 is 1.17 bits per heavy atom. The summed E-state index contributed by atoms with van der Waals surface area (Å²) in [6.45, 7) is 15.0. The average Bonchev–Trinajstić information content (AvgIpc) is 2.52. The number of hydrogen-bond acceptors (Lipinski definition) is 3. The molecule has 0 amide bonds. The molecule has 0 bridgehead atoms. The van der Waals surface area contributed by atoms with Crippen LogP contribution >= 0.6 is 0 Å². The lowest BCUT2D eigenvalue weighted by Gasteiger charge is -2.38. The first-order valence-corrected chi connectivity index (χ1v) is 9.74. The predicted octanol–water partition coefficient (Wildman–Crippen LogP) is 6.31. The van der Waals surface area contributed by atoms with Gasteiger partial charge in [0.05, 0.1) is 5.69 Å².